The van der Waals surface area contributed by atoms with Gasteiger partial charge in [0.05, 0.1) is 6.20 Å². The summed E-state index contributed by atoms with van der Waals surface area (Å²) >= 11 is 0. The number of allylic oxidation sites excluding steroid dienone is 2. The number of hydrogen-bond acceptors (Lipinski definition) is 2. The zero-order chi connectivity index (χ0) is 10.1. The van der Waals surface area contributed by atoms with Crippen LogP contribution in [0.3, 0.4) is 0 Å². The molecule has 1 heterocycles. The predicted octanol–water partition coefficient (Wildman–Crippen LogP) is 0.705. The first-order valence-corrected chi connectivity index (χ1v) is 3.51. The third-order valence-electron chi connectivity index (χ3n) is 1.59. The first-order valence-electron chi connectivity index (χ1n) is 3.51. The molecule has 6 heteroatoms. The van der Waals surface area contributed by atoms with Gasteiger partial charge in [0.1, 0.15) is 0 Å². The van der Waals surface area contributed by atoms with Gasteiger partial charge in [-0.05, 0) is 6.08 Å². The Hall–Kier alpha value is -0.850. The molecule has 0 saturated heterocycles. The van der Waals surface area contributed by atoms with E-state index in [1.54, 1.807) is 0 Å². The molecule has 0 bridgehead atoms. The number of nitrogens with one attached hydrogen (secondary N) is 1. The molecule has 0 saturated carbocycles. The van der Waals surface area contributed by atoms with E-state index in [0.29, 0.717) is 0 Å². The Labute approximate surface area is 72.7 Å². The number of halogens is 3. The van der Waals surface area contributed by atoms with Crippen LogP contribution >= 0.6 is 0 Å². The van der Waals surface area contributed by atoms with Crippen molar-refractivity contribution in [1.82, 2.24) is 0 Å². The van der Waals surface area contributed by atoms with Crippen molar-refractivity contribution in [3.63, 3.8) is 0 Å². The molecule has 2 atom stereocenters. The normalized spacial score (nSPS) is 33.8. The van der Waals surface area contributed by atoms with Crippen molar-refractivity contribution in [3.05, 3.63) is 29.6 Å². The van der Waals surface area contributed by atoms with Gasteiger partial charge in [0.25, 0.3) is 0 Å². The van der Waals surface area contributed by atoms with E-state index in [0.717, 1.165) is 19.2 Å². The second-order valence-corrected chi connectivity index (χ2v) is 2.74. The van der Waals surface area contributed by atoms with Crippen molar-refractivity contribution >= 4 is 0 Å². The first-order chi connectivity index (χ1) is 5.83. The molecule has 0 aromatic carbocycles. The molecule has 0 aromatic rings. The summed E-state index contributed by atoms with van der Waals surface area (Å²) in [4.78, 5) is 0. The average Bonchev–Trinajstić information content (AvgIpc) is 1.92. The van der Waals surface area contributed by atoms with E-state index in [9.17, 15) is 18.4 Å². The molecule has 74 valence electrons. The summed E-state index contributed by atoms with van der Waals surface area (Å²) < 4.78 is 39.2. The van der Waals surface area contributed by atoms with Gasteiger partial charge in [-0.3, -0.25) is 0 Å². The van der Waals surface area contributed by atoms with Crippen LogP contribution in [0.25, 0.3) is 0 Å². The van der Waals surface area contributed by atoms with Gasteiger partial charge in [0.15, 0.2) is 0 Å². The maximum absolute atomic E-state index is 11.8. The lowest BCUT2D eigenvalue weighted by molar-refractivity contribution is -0.883. The third kappa shape index (κ3) is 2.55. The van der Waals surface area contributed by atoms with Gasteiger partial charge in [-0.1, -0.05) is 6.08 Å². The molecular formula is C7H8F3NO2. The van der Waals surface area contributed by atoms with Crippen molar-refractivity contribution in [2.75, 3.05) is 0 Å². The second kappa shape index (κ2) is 3.13. The van der Waals surface area contributed by atoms with E-state index in [1.807, 2.05) is 0 Å². The smallest absolute Gasteiger partial charge is 0.527 e. The molecule has 0 aromatic heterocycles. The standard InChI is InChI=1S/C7H8F3NO2/c1-6(13-7(8,9)10)4-2-3-5-11(6)12/h2-5,11H,1H3. The highest BCUT2D eigenvalue weighted by molar-refractivity contribution is 5.08. The van der Waals surface area contributed by atoms with Gasteiger partial charge in [-0.25, -0.2) is 4.74 Å². The zero-order valence-electron chi connectivity index (χ0n) is 6.76. The van der Waals surface area contributed by atoms with E-state index < -0.39 is 17.2 Å². The molecule has 0 amide bonds. The van der Waals surface area contributed by atoms with Crippen molar-refractivity contribution in [1.29, 1.82) is 0 Å². The average molecular weight is 195 g/mol. The molecule has 0 spiro atoms. The van der Waals surface area contributed by atoms with E-state index in [4.69, 9.17) is 0 Å². The first kappa shape index (κ1) is 10.2. The number of hydroxylamine groups is 2. The van der Waals surface area contributed by atoms with Gasteiger partial charge in [0, 0.05) is 13.0 Å². The maximum Gasteiger partial charge on any atom is 0.527 e. The fraction of sp³-hybridized carbons (Fsp3) is 0.429. The molecular weight excluding hydrogens is 187 g/mol. The Kier molecular flexibility index (Phi) is 2.47. The van der Waals surface area contributed by atoms with Crippen LogP contribution in [-0.4, -0.2) is 12.1 Å². The van der Waals surface area contributed by atoms with Crippen LogP contribution < -0.4 is 5.06 Å². The second-order valence-electron chi connectivity index (χ2n) is 2.74. The minimum atomic E-state index is -4.81. The maximum atomic E-state index is 11.8. The van der Waals surface area contributed by atoms with Crippen LogP contribution in [0.5, 0.6) is 0 Å². The highest BCUT2D eigenvalue weighted by Crippen LogP contribution is 2.23. The molecule has 1 N–H and O–H groups in total. The van der Waals surface area contributed by atoms with Crippen molar-refractivity contribution < 1.29 is 23.0 Å². The van der Waals surface area contributed by atoms with Crippen molar-refractivity contribution in [2.24, 2.45) is 0 Å². The van der Waals surface area contributed by atoms with Gasteiger partial charge in [-0.2, -0.15) is 0 Å². The molecule has 1 rings (SSSR count). The van der Waals surface area contributed by atoms with Crippen LogP contribution in [0.2, 0.25) is 0 Å². The lowest BCUT2D eigenvalue weighted by Crippen LogP contribution is -3.12. The van der Waals surface area contributed by atoms with Crippen LogP contribution in [-0.2, 0) is 4.74 Å². The summed E-state index contributed by atoms with van der Waals surface area (Å²) in [5.41, 5.74) is -1.91. The van der Waals surface area contributed by atoms with Crippen LogP contribution in [0.1, 0.15) is 6.92 Å². The summed E-state index contributed by atoms with van der Waals surface area (Å²) in [7, 11) is 0. The Morgan fingerprint density at radius 1 is 1.38 bits per heavy atom. The topological polar surface area (TPSA) is 36.7 Å². The van der Waals surface area contributed by atoms with E-state index in [-0.39, 0.29) is 0 Å². The minimum Gasteiger partial charge on any atom is -0.627 e. The summed E-state index contributed by atoms with van der Waals surface area (Å²) in [6.45, 7) is 1.07. The molecule has 3 nitrogen and oxygen atoms in total. The monoisotopic (exact) mass is 195 g/mol. The Bertz CT molecular complexity index is 249. The predicted molar refractivity (Wildman–Crippen MR) is 38.2 cm³/mol. The number of alkyl halides is 3. The lowest BCUT2D eigenvalue weighted by Gasteiger charge is -2.36. The molecule has 1 aliphatic heterocycles. The molecule has 1 aliphatic rings. The number of rotatable bonds is 1. The summed E-state index contributed by atoms with van der Waals surface area (Å²) in [6.07, 6.45) is 0.0193. The van der Waals surface area contributed by atoms with Gasteiger partial charge in [-0.15, -0.1) is 13.2 Å². The minimum absolute atomic E-state index is 0.715. The van der Waals surface area contributed by atoms with Gasteiger partial charge < -0.3 is 10.3 Å². The van der Waals surface area contributed by atoms with E-state index >= 15 is 0 Å². The Morgan fingerprint density at radius 3 is 2.46 bits per heavy atom. The van der Waals surface area contributed by atoms with Crippen LogP contribution in [0, 0.1) is 5.21 Å². The number of hydrogen-bond donors (Lipinski definition) is 1. The highest BCUT2D eigenvalue weighted by atomic mass is 19.4. The third-order valence-corrected chi connectivity index (χ3v) is 1.59. The fourth-order valence-electron chi connectivity index (χ4n) is 0.954. The summed E-state index contributed by atoms with van der Waals surface area (Å²) in [6, 6.07) is 0. The highest BCUT2D eigenvalue weighted by Gasteiger charge is 2.43. The Morgan fingerprint density at radius 2 is 2.00 bits per heavy atom. The van der Waals surface area contributed by atoms with E-state index in [2.05, 4.69) is 4.74 Å². The van der Waals surface area contributed by atoms with Gasteiger partial charge >= 0.3 is 6.36 Å². The van der Waals surface area contributed by atoms with Crippen LogP contribution in [0.4, 0.5) is 13.2 Å². The number of quaternary nitrogens is 1. The Balaban J connectivity index is 2.76. The summed E-state index contributed by atoms with van der Waals surface area (Å²) in [5.74, 6) is 0. The van der Waals surface area contributed by atoms with Crippen molar-refractivity contribution in [2.45, 2.75) is 19.0 Å². The zero-order valence-corrected chi connectivity index (χ0v) is 6.76. The van der Waals surface area contributed by atoms with E-state index in [1.165, 1.54) is 12.2 Å². The molecule has 0 fully saturated rings. The van der Waals surface area contributed by atoms with Crippen molar-refractivity contribution in [3.8, 4) is 0 Å². The number of ether oxygens (including phenoxy) is 1. The largest absolute Gasteiger partial charge is 0.627 e. The molecule has 0 radical (unpaired) electrons. The van der Waals surface area contributed by atoms with Gasteiger partial charge in [0.2, 0.25) is 5.72 Å². The summed E-state index contributed by atoms with van der Waals surface area (Å²) in [5, 5.41) is 10.3. The van der Waals surface area contributed by atoms with Crippen LogP contribution in [0.15, 0.2) is 24.4 Å². The molecule has 2 unspecified atom stereocenters. The molecule has 0 aliphatic carbocycles. The SMILES string of the molecule is CC1(OC(F)(F)F)C=CC=C[NH+]1[O-]. The quantitative estimate of drug-likeness (QED) is 0.625. The lowest BCUT2D eigenvalue weighted by atomic mass is 10.2. The fourth-order valence-corrected chi connectivity index (χ4v) is 0.954. The molecule has 13 heavy (non-hydrogen) atoms.